The Bertz CT molecular complexity index is 892. The second-order valence-corrected chi connectivity index (χ2v) is 12.7. The number of carbonyl (C=O) groups is 2. The molecule has 0 saturated heterocycles. The molecule has 6 heteroatoms. The Hall–Kier alpha value is -1.50. The number of aliphatic hydroxyl groups is 3. The van der Waals surface area contributed by atoms with Gasteiger partial charge < -0.3 is 20.1 Å². The lowest BCUT2D eigenvalue weighted by Gasteiger charge is -2.54. The van der Waals surface area contributed by atoms with Crippen molar-refractivity contribution in [3.63, 3.8) is 0 Å². The van der Waals surface area contributed by atoms with Crippen LogP contribution in [0.1, 0.15) is 87.0 Å². The monoisotopic (exact) mass is 504 g/mol. The van der Waals surface area contributed by atoms with Gasteiger partial charge in [-0.3, -0.25) is 9.59 Å². The molecule has 2 saturated carbocycles. The Morgan fingerprint density at radius 2 is 1.81 bits per heavy atom. The van der Waals surface area contributed by atoms with Crippen LogP contribution in [0.5, 0.6) is 0 Å². The highest BCUT2D eigenvalue weighted by molar-refractivity contribution is 6.02. The zero-order valence-electron chi connectivity index (χ0n) is 23.3. The largest absolute Gasteiger partial charge is 0.466 e. The standard InChI is InChI=1S/C30H48O6/c1-18(2)19(3)8-9-20(4)24-10-11-25(28(24,6)14-15-36-21(5)31)23-16-26(33)30(35)17-22(32)12-13-29(30,7)27(23)34/h8-9,16,18-20,22,24-26,32-33,35H,10-15,17H2,1-7H3/b9-8+/t19-,20+,22-,24+,25-,26+,28+,29+,30-/m0/s1. The van der Waals surface area contributed by atoms with Gasteiger partial charge in [-0.15, -0.1) is 0 Å². The van der Waals surface area contributed by atoms with Crippen molar-refractivity contribution in [2.75, 3.05) is 6.61 Å². The molecular weight excluding hydrogens is 456 g/mol. The number of fused-ring (bicyclic) bond motifs is 1. The molecular formula is C30H48O6. The molecule has 3 N–H and O–H groups in total. The van der Waals surface area contributed by atoms with E-state index in [0.717, 1.165) is 12.8 Å². The Balaban J connectivity index is 1.97. The topological polar surface area (TPSA) is 104 Å². The highest BCUT2D eigenvalue weighted by atomic mass is 16.5. The molecule has 0 spiro atoms. The predicted molar refractivity (Wildman–Crippen MR) is 140 cm³/mol. The van der Waals surface area contributed by atoms with Crippen LogP contribution in [0.3, 0.4) is 0 Å². The number of esters is 1. The van der Waals surface area contributed by atoms with E-state index in [9.17, 15) is 24.9 Å². The quantitative estimate of drug-likeness (QED) is 0.329. The first-order chi connectivity index (χ1) is 16.7. The van der Waals surface area contributed by atoms with E-state index in [1.807, 2.05) is 0 Å². The lowest BCUT2D eigenvalue weighted by Crippen LogP contribution is -2.65. The summed E-state index contributed by atoms with van der Waals surface area (Å²) in [5, 5.41) is 32.7. The highest BCUT2D eigenvalue weighted by Gasteiger charge is 2.63. The Morgan fingerprint density at radius 3 is 2.42 bits per heavy atom. The van der Waals surface area contributed by atoms with Crippen LogP contribution >= 0.6 is 0 Å². The molecule has 0 unspecified atom stereocenters. The van der Waals surface area contributed by atoms with Gasteiger partial charge in [0.15, 0.2) is 5.78 Å². The number of carbonyl (C=O) groups excluding carboxylic acids is 2. The molecule has 0 bridgehead atoms. The van der Waals surface area contributed by atoms with Crippen LogP contribution in [-0.4, -0.2) is 51.5 Å². The number of ketones is 1. The van der Waals surface area contributed by atoms with Crippen molar-refractivity contribution in [2.45, 2.75) is 105 Å². The molecule has 0 radical (unpaired) electrons. The van der Waals surface area contributed by atoms with Crippen molar-refractivity contribution >= 4 is 11.8 Å². The molecule has 204 valence electrons. The fraction of sp³-hybridized carbons (Fsp3) is 0.800. The first-order valence-corrected chi connectivity index (χ1v) is 13.8. The lowest BCUT2D eigenvalue weighted by molar-refractivity contribution is -0.191. The lowest BCUT2D eigenvalue weighted by atomic mass is 9.53. The summed E-state index contributed by atoms with van der Waals surface area (Å²) < 4.78 is 5.37. The van der Waals surface area contributed by atoms with Crippen molar-refractivity contribution in [1.82, 2.24) is 0 Å². The van der Waals surface area contributed by atoms with Crippen LogP contribution < -0.4 is 0 Å². The third kappa shape index (κ3) is 5.10. The molecule has 9 atom stereocenters. The number of rotatable bonds is 8. The van der Waals surface area contributed by atoms with E-state index >= 15 is 0 Å². The fourth-order valence-electron chi connectivity index (χ4n) is 7.21. The normalized spacial score (nSPS) is 40.8. The van der Waals surface area contributed by atoms with Gasteiger partial charge in [0.25, 0.3) is 0 Å². The van der Waals surface area contributed by atoms with E-state index in [1.54, 1.807) is 13.0 Å². The van der Waals surface area contributed by atoms with Crippen LogP contribution in [0.4, 0.5) is 0 Å². The van der Waals surface area contributed by atoms with Crippen molar-refractivity contribution in [2.24, 2.45) is 40.4 Å². The maximum Gasteiger partial charge on any atom is 0.302 e. The number of hydrogen-bond donors (Lipinski definition) is 3. The van der Waals surface area contributed by atoms with E-state index < -0.39 is 23.2 Å². The summed E-state index contributed by atoms with van der Waals surface area (Å²) in [6, 6.07) is 0. The smallest absolute Gasteiger partial charge is 0.302 e. The first-order valence-electron chi connectivity index (χ1n) is 13.8. The summed E-state index contributed by atoms with van der Waals surface area (Å²) in [7, 11) is 0. The molecule has 2 fully saturated rings. The second-order valence-electron chi connectivity index (χ2n) is 12.7. The maximum atomic E-state index is 14.0. The zero-order chi connectivity index (χ0) is 27.1. The van der Waals surface area contributed by atoms with Crippen LogP contribution in [0.25, 0.3) is 0 Å². The molecule has 6 nitrogen and oxygen atoms in total. The minimum Gasteiger partial charge on any atom is -0.466 e. The highest BCUT2D eigenvalue weighted by Crippen LogP contribution is 2.60. The van der Waals surface area contributed by atoms with Gasteiger partial charge in [-0.05, 0) is 85.7 Å². The van der Waals surface area contributed by atoms with E-state index in [1.165, 1.54) is 6.92 Å². The molecule has 3 aliphatic rings. The zero-order valence-corrected chi connectivity index (χ0v) is 23.3. The molecule has 0 aromatic rings. The van der Waals surface area contributed by atoms with Crippen molar-refractivity contribution in [3.8, 4) is 0 Å². The van der Waals surface area contributed by atoms with Gasteiger partial charge in [0.1, 0.15) is 11.7 Å². The maximum absolute atomic E-state index is 14.0. The Labute approximate surface area is 217 Å². The summed E-state index contributed by atoms with van der Waals surface area (Å²) >= 11 is 0. The van der Waals surface area contributed by atoms with Gasteiger partial charge in [-0.1, -0.05) is 46.8 Å². The van der Waals surface area contributed by atoms with Crippen LogP contribution in [0.15, 0.2) is 23.8 Å². The van der Waals surface area contributed by atoms with Crippen LogP contribution in [-0.2, 0) is 14.3 Å². The average molecular weight is 505 g/mol. The molecule has 0 aromatic heterocycles. The fourth-order valence-corrected chi connectivity index (χ4v) is 7.21. The molecule has 3 aliphatic carbocycles. The number of Topliss-reactive ketones (excluding diaryl/α,β-unsaturated/α-hetero) is 1. The minimum absolute atomic E-state index is 0.00688. The number of ether oxygens (including phenoxy) is 1. The molecule has 0 aliphatic heterocycles. The number of hydrogen-bond acceptors (Lipinski definition) is 6. The molecule has 0 heterocycles. The van der Waals surface area contributed by atoms with Gasteiger partial charge in [0.2, 0.25) is 0 Å². The predicted octanol–water partition coefficient (Wildman–Crippen LogP) is 4.61. The molecule has 0 aromatic carbocycles. The van der Waals surface area contributed by atoms with Crippen LogP contribution in [0.2, 0.25) is 0 Å². The molecule has 36 heavy (non-hydrogen) atoms. The van der Waals surface area contributed by atoms with E-state index in [-0.39, 0.29) is 47.9 Å². The minimum atomic E-state index is -1.67. The summed E-state index contributed by atoms with van der Waals surface area (Å²) in [6.07, 6.45) is 7.34. The Kier molecular flexibility index (Phi) is 8.64. The molecule has 0 amide bonds. The first kappa shape index (κ1) is 29.1. The van der Waals surface area contributed by atoms with Crippen molar-refractivity contribution in [3.05, 3.63) is 23.8 Å². The third-order valence-corrected chi connectivity index (χ3v) is 10.2. The van der Waals surface area contributed by atoms with E-state index in [0.29, 0.717) is 36.7 Å². The van der Waals surface area contributed by atoms with Crippen LogP contribution in [0, 0.1) is 40.4 Å². The average Bonchev–Trinajstić information content (AvgIpc) is 3.13. The number of allylic oxidation sites excluding steroid dienone is 3. The Morgan fingerprint density at radius 1 is 1.14 bits per heavy atom. The van der Waals surface area contributed by atoms with Crippen molar-refractivity contribution in [1.29, 1.82) is 0 Å². The van der Waals surface area contributed by atoms with Gasteiger partial charge >= 0.3 is 5.97 Å². The molecule has 3 rings (SSSR count). The second kappa shape index (κ2) is 10.7. The third-order valence-electron chi connectivity index (χ3n) is 10.2. The van der Waals surface area contributed by atoms with E-state index in [2.05, 4.69) is 46.8 Å². The van der Waals surface area contributed by atoms with Crippen molar-refractivity contribution < 1.29 is 29.6 Å². The van der Waals surface area contributed by atoms with Gasteiger partial charge in [0.05, 0.1) is 18.1 Å². The summed E-state index contributed by atoms with van der Waals surface area (Å²) in [5.74, 6) is 1.05. The summed E-state index contributed by atoms with van der Waals surface area (Å²) in [4.78, 5) is 25.6. The SMILES string of the molecule is CC(=O)OCC[C@]1(C)[C@@H]([C@H](C)/C=C/[C@H](C)C(C)C)CC[C@H]1C1=C[C@@H](O)[C@@]2(O)C[C@@H](O)CC[C@]2(C)C1=O. The number of aliphatic hydroxyl groups excluding tert-OH is 2. The van der Waals surface area contributed by atoms with E-state index in [4.69, 9.17) is 4.74 Å². The van der Waals surface area contributed by atoms with Gasteiger partial charge in [-0.25, -0.2) is 0 Å². The summed E-state index contributed by atoms with van der Waals surface area (Å²) in [6.45, 7) is 14.5. The van der Waals surface area contributed by atoms with Gasteiger partial charge in [0, 0.05) is 13.3 Å². The van der Waals surface area contributed by atoms with Gasteiger partial charge in [-0.2, -0.15) is 0 Å². The summed E-state index contributed by atoms with van der Waals surface area (Å²) in [5.41, 5.74) is -2.52.